The lowest BCUT2D eigenvalue weighted by Gasteiger charge is -2.38. The number of nitrogens with zero attached hydrogens (tertiary/aromatic N) is 3. The van der Waals surface area contributed by atoms with E-state index >= 15 is 0 Å². The standard InChI is InChI=1S/C25H30F5N3O/c1-5-31-32-20(22-18(26)8-6-9-19(22)27)14-17-16(15(2)3)11-12-24(17,4)23(34)33-13-7-10-21(33)25(28,29)30/h5-6,8-9,14-17,21H,1,7,10-13H2,2-4H3/b20-14-,32-31-/t16-,17?,21?,24-/m0/s1. The summed E-state index contributed by atoms with van der Waals surface area (Å²) in [6, 6.07) is 1.59. The van der Waals surface area contributed by atoms with Crippen LogP contribution in [0.25, 0.3) is 5.70 Å². The van der Waals surface area contributed by atoms with Crippen LogP contribution in [-0.2, 0) is 4.79 Å². The zero-order valence-corrected chi connectivity index (χ0v) is 19.6. The molecule has 0 radical (unpaired) electrons. The van der Waals surface area contributed by atoms with E-state index in [0.717, 1.165) is 23.2 Å². The maximum atomic E-state index is 14.6. The molecule has 0 N–H and O–H groups in total. The Labute approximate surface area is 196 Å². The minimum atomic E-state index is -4.51. The topological polar surface area (TPSA) is 45.0 Å². The van der Waals surface area contributed by atoms with Crippen molar-refractivity contribution in [3.05, 3.63) is 54.3 Å². The smallest absolute Gasteiger partial charge is 0.330 e. The van der Waals surface area contributed by atoms with Crippen LogP contribution < -0.4 is 0 Å². The van der Waals surface area contributed by atoms with E-state index in [1.807, 2.05) is 13.8 Å². The molecule has 4 nitrogen and oxygen atoms in total. The zero-order valence-electron chi connectivity index (χ0n) is 19.6. The van der Waals surface area contributed by atoms with Gasteiger partial charge in [-0.3, -0.25) is 4.79 Å². The number of benzene rings is 1. The summed E-state index contributed by atoms with van der Waals surface area (Å²) < 4.78 is 70.1. The van der Waals surface area contributed by atoms with E-state index in [9.17, 15) is 26.7 Å². The average molecular weight is 484 g/mol. The molecule has 4 atom stereocenters. The van der Waals surface area contributed by atoms with Crippen molar-refractivity contribution < 1.29 is 26.7 Å². The Hall–Kier alpha value is -2.58. The van der Waals surface area contributed by atoms with Gasteiger partial charge in [0.1, 0.15) is 17.7 Å². The third-order valence-electron chi connectivity index (χ3n) is 7.23. The molecule has 0 bridgehead atoms. The molecule has 1 heterocycles. The first-order valence-electron chi connectivity index (χ1n) is 11.5. The maximum absolute atomic E-state index is 14.6. The van der Waals surface area contributed by atoms with Crippen LogP contribution in [0.1, 0.15) is 52.0 Å². The molecule has 186 valence electrons. The number of halogens is 5. The zero-order chi connectivity index (χ0) is 25.3. The van der Waals surface area contributed by atoms with Crippen LogP contribution in [0, 0.1) is 34.8 Å². The number of hydrogen-bond donors (Lipinski definition) is 0. The van der Waals surface area contributed by atoms with E-state index in [1.54, 1.807) is 6.92 Å². The molecule has 34 heavy (non-hydrogen) atoms. The Morgan fingerprint density at radius 1 is 1.24 bits per heavy atom. The predicted octanol–water partition coefficient (Wildman–Crippen LogP) is 7.14. The van der Waals surface area contributed by atoms with Gasteiger partial charge in [-0.1, -0.05) is 39.5 Å². The van der Waals surface area contributed by atoms with Crippen molar-refractivity contribution >= 4 is 11.6 Å². The lowest BCUT2D eigenvalue weighted by Crippen LogP contribution is -2.51. The van der Waals surface area contributed by atoms with Gasteiger partial charge in [-0.15, -0.1) is 0 Å². The summed E-state index contributed by atoms with van der Waals surface area (Å²) in [4.78, 5) is 14.6. The molecule has 0 aromatic heterocycles. The summed E-state index contributed by atoms with van der Waals surface area (Å²) in [5, 5.41) is 7.65. The van der Waals surface area contributed by atoms with E-state index in [2.05, 4.69) is 16.8 Å². The van der Waals surface area contributed by atoms with E-state index in [0.29, 0.717) is 12.8 Å². The van der Waals surface area contributed by atoms with Gasteiger partial charge in [-0.2, -0.15) is 23.4 Å². The number of carbonyl (C=O) groups is 1. The van der Waals surface area contributed by atoms with Crippen LogP contribution >= 0.6 is 0 Å². The predicted molar refractivity (Wildman–Crippen MR) is 119 cm³/mol. The summed E-state index contributed by atoms with van der Waals surface area (Å²) in [5.41, 5.74) is -1.69. The summed E-state index contributed by atoms with van der Waals surface area (Å²) >= 11 is 0. The van der Waals surface area contributed by atoms with E-state index in [4.69, 9.17) is 0 Å². The summed E-state index contributed by atoms with van der Waals surface area (Å²) in [5.74, 6) is -2.88. The second-order valence-corrected chi connectivity index (χ2v) is 9.63. The third kappa shape index (κ3) is 4.93. The van der Waals surface area contributed by atoms with Gasteiger partial charge in [-0.05, 0) is 55.6 Å². The molecule has 9 heteroatoms. The van der Waals surface area contributed by atoms with Crippen LogP contribution in [-0.4, -0.2) is 29.6 Å². The van der Waals surface area contributed by atoms with Crippen LogP contribution in [0.3, 0.4) is 0 Å². The summed E-state index contributed by atoms with van der Waals surface area (Å²) in [6.45, 7) is 9.06. The fraction of sp³-hybridized carbons (Fsp3) is 0.560. The fourth-order valence-corrected chi connectivity index (χ4v) is 5.45. The largest absolute Gasteiger partial charge is 0.408 e. The van der Waals surface area contributed by atoms with Crippen molar-refractivity contribution in [1.82, 2.24) is 4.90 Å². The molecule has 1 saturated carbocycles. The SMILES string of the molecule is C=C/N=N\C(=C/C1[C@H](C(C)C)CC[C@]1(C)C(=O)N1CCCC1C(F)(F)F)c1c(F)cccc1F. The average Bonchev–Trinajstić information content (AvgIpc) is 3.37. The minimum absolute atomic E-state index is 0.0341. The minimum Gasteiger partial charge on any atom is -0.330 e. The second kappa shape index (κ2) is 9.96. The van der Waals surface area contributed by atoms with Crippen LogP contribution in [0.15, 0.2) is 47.3 Å². The Morgan fingerprint density at radius 2 is 1.88 bits per heavy atom. The number of likely N-dealkylation sites (tertiary alicyclic amines) is 1. The highest BCUT2D eigenvalue weighted by Gasteiger charge is 2.56. The molecule has 0 spiro atoms. The quantitative estimate of drug-likeness (QED) is 0.313. The van der Waals surface area contributed by atoms with Crippen molar-refractivity contribution in [1.29, 1.82) is 0 Å². The van der Waals surface area contributed by atoms with Crippen molar-refractivity contribution in [2.45, 2.75) is 58.7 Å². The number of rotatable bonds is 6. The Morgan fingerprint density at radius 3 is 2.44 bits per heavy atom. The first kappa shape index (κ1) is 26.0. The van der Waals surface area contributed by atoms with Gasteiger partial charge in [0, 0.05) is 12.7 Å². The van der Waals surface area contributed by atoms with E-state index < -0.39 is 46.7 Å². The van der Waals surface area contributed by atoms with Gasteiger partial charge < -0.3 is 4.90 Å². The Kier molecular flexibility index (Phi) is 7.62. The lowest BCUT2D eigenvalue weighted by atomic mass is 9.72. The molecular weight excluding hydrogens is 453 g/mol. The van der Waals surface area contributed by atoms with Gasteiger partial charge in [0.2, 0.25) is 5.91 Å². The highest BCUT2D eigenvalue weighted by atomic mass is 19.4. The number of hydrogen-bond acceptors (Lipinski definition) is 3. The molecule has 2 aliphatic rings. The number of alkyl halides is 3. The summed E-state index contributed by atoms with van der Waals surface area (Å²) in [6.07, 6.45) is -0.770. The Bertz CT molecular complexity index is 967. The maximum Gasteiger partial charge on any atom is 0.408 e. The first-order chi connectivity index (χ1) is 15.9. The normalized spacial score (nSPS) is 28.3. The van der Waals surface area contributed by atoms with Crippen molar-refractivity contribution in [2.24, 2.45) is 33.4 Å². The molecule has 1 aliphatic heterocycles. The lowest BCUT2D eigenvalue weighted by molar-refractivity contribution is -0.187. The molecular formula is C25H30F5N3O. The number of allylic oxidation sites excluding steroid dienone is 1. The summed E-state index contributed by atoms with van der Waals surface area (Å²) in [7, 11) is 0. The van der Waals surface area contributed by atoms with Gasteiger partial charge in [-0.25, -0.2) is 8.78 Å². The first-order valence-corrected chi connectivity index (χ1v) is 11.5. The van der Waals surface area contributed by atoms with Gasteiger partial charge in [0.15, 0.2) is 0 Å². The molecule has 1 aromatic carbocycles. The monoisotopic (exact) mass is 483 g/mol. The Balaban J connectivity index is 2.12. The van der Waals surface area contributed by atoms with Gasteiger partial charge >= 0.3 is 6.18 Å². The molecule has 1 aromatic rings. The molecule has 2 unspecified atom stereocenters. The molecule has 2 fully saturated rings. The van der Waals surface area contributed by atoms with Crippen molar-refractivity contribution in [3.8, 4) is 0 Å². The van der Waals surface area contributed by atoms with Crippen LogP contribution in [0.2, 0.25) is 0 Å². The van der Waals surface area contributed by atoms with Gasteiger partial charge in [0.05, 0.1) is 16.7 Å². The number of amides is 1. The fourth-order valence-electron chi connectivity index (χ4n) is 5.45. The van der Waals surface area contributed by atoms with Gasteiger partial charge in [0.25, 0.3) is 0 Å². The second-order valence-electron chi connectivity index (χ2n) is 9.63. The van der Waals surface area contributed by atoms with Crippen LogP contribution in [0.4, 0.5) is 22.0 Å². The molecule has 1 amide bonds. The van der Waals surface area contributed by atoms with E-state index in [-0.39, 0.29) is 36.9 Å². The number of carbonyl (C=O) groups excluding carboxylic acids is 1. The molecule has 1 aliphatic carbocycles. The highest BCUT2D eigenvalue weighted by molar-refractivity contribution is 5.84. The highest BCUT2D eigenvalue weighted by Crippen LogP contribution is 2.53. The van der Waals surface area contributed by atoms with Crippen molar-refractivity contribution in [2.75, 3.05) is 6.54 Å². The molecule has 3 rings (SSSR count). The van der Waals surface area contributed by atoms with Crippen molar-refractivity contribution in [3.63, 3.8) is 0 Å². The third-order valence-corrected chi connectivity index (χ3v) is 7.23. The number of azo groups is 1. The molecule has 1 saturated heterocycles. The van der Waals surface area contributed by atoms with E-state index in [1.165, 1.54) is 12.1 Å². The van der Waals surface area contributed by atoms with Crippen LogP contribution in [0.5, 0.6) is 0 Å².